The van der Waals surface area contributed by atoms with Gasteiger partial charge < -0.3 is 0 Å². The molecule has 0 nitrogen and oxygen atoms in total. The Labute approximate surface area is 127 Å². The summed E-state index contributed by atoms with van der Waals surface area (Å²) in [5.41, 5.74) is 0. The van der Waals surface area contributed by atoms with E-state index in [1.54, 1.807) is 0 Å². The Morgan fingerprint density at radius 1 is 0.941 bits per heavy atom. The monoisotopic (exact) mass is 392 g/mol. The molecule has 0 aromatic carbocycles. The van der Waals surface area contributed by atoms with E-state index in [1.807, 2.05) is 22.7 Å². The maximum atomic E-state index is 3.56. The van der Waals surface area contributed by atoms with Crippen LogP contribution in [0.5, 0.6) is 0 Å². The molecule has 0 radical (unpaired) electrons. The Morgan fingerprint density at radius 3 is 1.71 bits per heavy atom. The Morgan fingerprint density at radius 2 is 1.41 bits per heavy atom. The average Bonchev–Trinajstić information content (AvgIpc) is 2.84. The first kappa shape index (κ1) is 13.8. The van der Waals surface area contributed by atoms with E-state index in [-0.39, 0.29) is 0 Å². The molecule has 92 valence electrons. The van der Waals surface area contributed by atoms with Gasteiger partial charge in [0, 0.05) is 15.7 Å². The largest absolute Gasteiger partial charge is 0.133 e. The van der Waals surface area contributed by atoms with Gasteiger partial charge in [-0.25, -0.2) is 0 Å². The van der Waals surface area contributed by atoms with Crippen molar-refractivity contribution in [3.8, 4) is 0 Å². The van der Waals surface area contributed by atoms with Gasteiger partial charge in [-0.05, 0) is 68.5 Å². The van der Waals surface area contributed by atoms with E-state index in [4.69, 9.17) is 0 Å². The standard InChI is InChI=1S/C13H14Br2S2/c1-8(2)7-9(10-3-5-12(14)16-10)11-4-6-13(15)17-11/h3-6,8-9H,7H2,1-2H3. The van der Waals surface area contributed by atoms with Gasteiger partial charge >= 0.3 is 0 Å². The van der Waals surface area contributed by atoms with E-state index in [0.717, 1.165) is 0 Å². The molecule has 0 atom stereocenters. The minimum absolute atomic E-state index is 0.544. The van der Waals surface area contributed by atoms with E-state index in [9.17, 15) is 0 Å². The van der Waals surface area contributed by atoms with Crippen LogP contribution in [0.25, 0.3) is 0 Å². The first-order chi connectivity index (χ1) is 8.06. The number of hydrogen-bond donors (Lipinski definition) is 0. The third kappa shape index (κ3) is 3.66. The molecule has 0 amide bonds. The molecule has 0 saturated carbocycles. The fourth-order valence-electron chi connectivity index (χ4n) is 1.88. The van der Waals surface area contributed by atoms with E-state index < -0.39 is 0 Å². The summed E-state index contributed by atoms with van der Waals surface area (Å²) in [6, 6.07) is 8.79. The van der Waals surface area contributed by atoms with Crippen molar-refractivity contribution in [1.29, 1.82) is 0 Å². The maximum Gasteiger partial charge on any atom is 0.0701 e. The molecular formula is C13H14Br2S2. The van der Waals surface area contributed by atoms with Gasteiger partial charge in [-0.2, -0.15) is 0 Å². The molecule has 0 aliphatic rings. The van der Waals surface area contributed by atoms with Crippen LogP contribution in [-0.2, 0) is 0 Å². The zero-order valence-corrected chi connectivity index (χ0v) is 14.5. The Hall–Kier alpha value is 0.360. The number of rotatable bonds is 4. The second-order valence-corrected chi connectivity index (χ2v) is 9.46. The van der Waals surface area contributed by atoms with Crippen molar-refractivity contribution in [3.63, 3.8) is 0 Å². The molecule has 0 aliphatic heterocycles. The van der Waals surface area contributed by atoms with Gasteiger partial charge in [-0.3, -0.25) is 0 Å². The van der Waals surface area contributed by atoms with Crippen LogP contribution < -0.4 is 0 Å². The predicted molar refractivity (Wildman–Crippen MR) is 85.3 cm³/mol. The van der Waals surface area contributed by atoms with Gasteiger partial charge in [0.25, 0.3) is 0 Å². The summed E-state index contributed by atoms with van der Waals surface area (Å²) >= 11 is 10.8. The molecule has 2 aromatic heterocycles. The van der Waals surface area contributed by atoms with E-state index in [1.165, 1.54) is 23.7 Å². The summed E-state index contributed by atoms with van der Waals surface area (Å²) in [5, 5.41) is 0. The molecule has 4 heteroatoms. The highest BCUT2D eigenvalue weighted by atomic mass is 79.9. The topological polar surface area (TPSA) is 0 Å². The van der Waals surface area contributed by atoms with Crippen LogP contribution in [0.15, 0.2) is 31.8 Å². The van der Waals surface area contributed by atoms with Gasteiger partial charge in [0.2, 0.25) is 0 Å². The molecule has 0 aliphatic carbocycles. The molecule has 0 N–H and O–H groups in total. The summed E-state index contributed by atoms with van der Waals surface area (Å²) in [5.74, 6) is 1.25. The summed E-state index contributed by atoms with van der Waals surface area (Å²) in [4.78, 5) is 2.92. The van der Waals surface area contributed by atoms with Crippen LogP contribution >= 0.6 is 54.5 Å². The van der Waals surface area contributed by atoms with Crippen molar-refractivity contribution in [2.24, 2.45) is 5.92 Å². The second-order valence-electron chi connectivity index (χ2n) is 4.47. The highest BCUT2D eigenvalue weighted by molar-refractivity contribution is 9.11. The summed E-state index contributed by atoms with van der Waals surface area (Å²) < 4.78 is 2.44. The lowest BCUT2D eigenvalue weighted by Crippen LogP contribution is -2.01. The van der Waals surface area contributed by atoms with Gasteiger partial charge in [-0.15, -0.1) is 22.7 Å². The molecule has 0 bridgehead atoms. The third-order valence-corrected chi connectivity index (χ3v) is 6.06. The highest BCUT2D eigenvalue weighted by Gasteiger charge is 2.19. The van der Waals surface area contributed by atoms with Gasteiger partial charge in [-0.1, -0.05) is 13.8 Å². The lowest BCUT2D eigenvalue weighted by molar-refractivity contribution is 0.550. The normalized spacial score (nSPS) is 11.6. The molecule has 17 heavy (non-hydrogen) atoms. The van der Waals surface area contributed by atoms with Crippen molar-refractivity contribution in [2.45, 2.75) is 26.2 Å². The smallest absolute Gasteiger partial charge is 0.0701 e. The van der Waals surface area contributed by atoms with E-state index >= 15 is 0 Å². The van der Waals surface area contributed by atoms with Gasteiger partial charge in [0.05, 0.1) is 7.57 Å². The van der Waals surface area contributed by atoms with Crippen LogP contribution in [0.1, 0.15) is 35.9 Å². The number of thiophene rings is 2. The maximum absolute atomic E-state index is 3.56. The van der Waals surface area contributed by atoms with Gasteiger partial charge in [0.15, 0.2) is 0 Å². The fraction of sp³-hybridized carbons (Fsp3) is 0.385. The Kier molecular flexibility index (Phi) is 4.87. The predicted octanol–water partition coefficient (Wildman–Crippen LogP) is 6.51. The molecule has 0 unspecified atom stereocenters. The first-order valence-electron chi connectivity index (χ1n) is 5.56. The molecule has 0 fully saturated rings. The van der Waals surface area contributed by atoms with Crippen LogP contribution in [0.3, 0.4) is 0 Å². The summed E-state index contributed by atoms with van der Waals surface area (Å²) in [6.07, 6.45) is 1.21. The molecule has 0 spiro atoms. The van der Waals surface area contributed by atoms with Crippen molar-refractivity contribution in [1.82, 2.24) is 0 Å². The zero-order chi connectivity index (χ0) is 12.4. The average molecular weight is 394 g/mol. The molecule has 2 aromatic rings. The lowest BCUT2D eigenvalue weighted by Gasteiger charge is -2.16. The first-order valence-corrected chi connectivity index (χ1v) is 8.78. The Balaban J connectivity index is 2.31. The van der Waals surface area contributed by atoms with Crippen molar-refractivity contribution < 1.29 is 0 Å². The van der Waals surface area contributed by atoms with Crippen molar-refractivity contribution >= 4 is 54.5 Å². The van der Waals surface area contributed by atoms with Crippen molar-refractivity contribution in [2.75, 3.05) is 0 Å². The minimum atomic E-state index is 0.544. The zero-order valence-electron chi connectivity index (χ0n) is 9.74. The van der Waals surface area contributed by atoms with Crippen LogP contribution in [0, 0.1) is 5.92 Å². The summed E-state index contributed by atoms with van der Waals surface area (Å²) in [6.45, 7) is 4.58. The van der Waals surface area contributed by atoms with Crippen molar-refractivity contribution in [3.05, 3.63) is 41.6 Å². The van der Waals surface area contributed by atoms with Crippen LogP contribution in [-0.4, -0.2) is 0 Å². The third-order valence-electron chi connectivity index (χ3n) is 2.58. The van der Waals surface area contributed by atoms with E-state index in [0.29, 0.717) is 11.8 Å². The van der Waals surface area contributed by atoms with Crippen LogP contribution in [0.4, 0.5) is 0 Å². The quantitative estimate of drug-likeness (QED) is 0.555. The fourth-order valence-corrected chi connectivity index (χ4v) is 5.06. The van der Waals surface area contributed by atoms with Gasteiger partial charge in [0.1, 0.15) is 0 Å². The number of hydrogen-bond acceptors (Lipinski definition) is 2. The van der Waals surface area contributed by atoms with E-state index in [2.05, 4.69) is 70.0 Å². The molecule has 2 rings (SSSR count). The molecule has 2 heterocycles. The van der Waals surface area contributed by atoms with Crippen LogP contribution in [0.2, 0.25) is 0 Å². The second kappa shape index (κ2) is 6.00. The molecule has 0 saturated heterocycles. The molecular weight excluding hydrogens is 380 g/mol. The summed E-state index contributed by atoms with van der Waals surface area (Å²) in [7, 11) is 0. The lowest BCUT2D eigenvalue weighted by atomic mass is 9.94. The Bertz CT molecular complexity index is 445. The SMILES string of the molecule is CC(C)CC(c1ccc(Br)s1)c1ccc(Br)s1. The minimum Gasteiger partial charge on any atom is -0.133 e. The number of halogens is 2. The highest BCUT2D eigenvalue weighted by Crippen LogP contribution is 2.40.